The number of hydrazine groups is 1. The van der Waals surface area contributed by atoms with Crippen LogP contribution in [0.1, 0.15) is 32.1 Å². The van der Waals surface area contributed by atoms with E-state index in [4.69, 9.17) is 12.2 Å². The van der Waals surface area contributed by atoms with Crippen molar-refractivity contribution in [2.75, 3.05) is 7.05 Å². The van der Waals surface area contributed by atoms with Crippen molar-refractivity contribution in [2.24, 2.45) is 0 Å². The predicted octanol–water partition coefficient (Wildman–Crippen LogP) is 0.971. The third-order valence-electron chi connectivity index (χ3n) is 2.74. The molecule has 12 heavy (non-hydrogen) atoms. The van der Waals surface area contributed by atoms with Crippen LogP contribution >= 0.6 is 12.2 Å². The SMILES string of the molecule is CN1NC2(CCCCC2)NC1=S. The van der Waals surface area contributed by atoms with Crippen LogP contribution < -0.4 is 10.7 Å². The largest absolute Gasteiger partial charge is 0.342 e. The van der Waals surface area contributed by atoms with Gasteiger partial charge in [0.1, 0.15) is 5.66 Å². The highest BCUT2D eigenvalue weighted by atomic mass is 32.1. The molecule has 2 rings (SSSR count). The summed E-state index contributed by atoms with van der Waals surface area (Å²) in [7, 11) is 1.97. The zero-order valence-electron chi connectivity index (χ0n) is 7.39. The number of nitrogens with zero attached hydrogens (tertiary/aromatic N) is 1. The fraction of sp³-hybridized carbons (Fsp3) is 0.875. The molecule has 1 saturated heterocycles. The maximum Gasteiger partial charge on any atom is 0.184 e. The molecule has 2 aliphatic rings. The predicted molar refractivity (Wildman–Crippen MR) is 52.4 cm³/mol. The first-order valence-electron chi connectivity index (χ1n) is 4.56. The Hall–Kier alpha value is -0.350. The van der Waals surface area contributed by atoms with Crippen molar-refractivity contribution < 1.29 is 0 Å². The van der Waals surface area contributed by atoms with E-state index in [-0.39, 0.29) is 5.66 Å². The Morgan fingerprint density at radius 3 is 2.50 bits per heavy atom. The number of nitrogens with one attached hydrogen (secondary N) is 2. The van der Waals surface area contributed by atoms with E-state index in [9.17, 15) is 0 Å². The van der Waals surface area contributed by atoms with E-state index in [0.717, 1.165) is 5.11 Å². The lowest BCUT2D eigenvalue weighted by Crippen LogP contribution is -2.51. The molecule has 4 heteroatoms. The molecule has 0 atom stereocenters. The van der Waals surface area contributed by atoms with Crippen molar-refractivity contribution >= 4 is 17.3 Å². The summed E-state index contributed by atoms with van der Waals surface area (Å²) in [4.78, 5) is 0. The molecular formula is C8H15N3S. The normalized spacial score (nSPS) is 27.8. The molecule has 0 aromatic heterocycles. The molecule has 1 spiro atoms. The summed E-state index contributed by atoms with van der Waals surface area (Å²) >= 11 is 5.15. The van der Waals surface area contributed by atoms with Gasteiger partial charge in [0.2, 0.25) is 0 Å². The molecule has 0 aromatic carbocycles. The quantitative estimate of drug-likeness (QED) is 0.550. The van der Waals surface area contributed by atoms with Crippen LogP contribution in [0.15, 0.2) is 0 Å². The van der Waals surface area contributed by atoms with Crippen LogP contribution in [0, 0.1) is 0 Å². The molecule has 3 nitrogen and oxygen atoms in total. The summed E-state index contributed by atoms with van der Waals surface area (Å²) in [6.07, 6.45) is 6.35. The van der Waals surface area contributed by atoms with Crippen LogP contribution in [0.25, 0.3) is 0 Å². The average Bonchev–Trinajstić information content (AvgIpc) is 2.29. The first-order valence-corrected chi connectivity index (χ1v) is 4.96. The van der Waals surface area contributed by atoms with Crippen LogP contribution in [-0.2, 0) is 0 Å². The molecule has 1 aliphatic heterocycles. The summed E-state index contributed by atoms with van der Waals surface area (Å²) in [6.45, 7) is 0. The van der Waals surface area contributed by atoms with Gasteiger partial charge >= 0.3 is 0 Å². The van der Waals surface area contributed by atoms with Gasteiger partial charge in [0.05, 0.1) is 0 Å². The van der Waals surface area contributed by atoms with Gasteiger partial charge in [-0.05, 0) is 37.9 Å². The van der Waals surface area contributed by atoms with Gasteiger partial charge in [0.15, 0.2) is 5.11 Å². The van der Waals surface area contributed by atoms with Crippen LogP contribution in [-0.4, -0.2) is 22.8 Å². The molecule has 0 unspecified atom stereocenters. The van der Waals surface area contributed by atoms with E-state index in [2.05, 4.69) is 10.7 Å². The minimum Gasteiger partial charge on any atom is -0.342 e. The van der Waals surface area contributed by atoms with Gasteiger partial charge in [-0.15, -0.1) is 0 Å². The van der Waals surface area contributed by atoms with Gasteiger partial charge in [-0.1, -0.05) is 6.42 Å². The second kappa shape index (κ2) is 2.85. The monoisotopic (exact) mass is 185 g/mol. The fourth-order valence-corrected chi connectivity index (χ4v) is 2.32. The Bertz CT molecular complexity index is 198. The highest BCUT2D eigenvalue weighted by molar-refractivity contribution is 7.80. The topological polar surface area (TPSA) is 27.3 Å². The van der Waals surface area contributed by atoms with Gasteiger partial charge in [-0.3, -0.25) is 5.01 Å². The van der Waals surface area contributed by atoms with Gasteiger partial charge in [0, 0.05) is 7.05 Å². The Labute approximate surface area is 78.5 Å². The molecule has 0 amide bonds. The third kappa shape index (κ3) is 1.29. The minimum atomic E-state index is 0.101. The van der Waals surface area contributed by atoms with Crippen LogP contribution in [0.5, 0.6) is 0 Å². The summed E-state index contributed by atoms with van der Waals surface area (Å²) in [5.74, 6) is 0. The van der Waals surface area contributed by atoms with Crippen molar-refractivity contribution in [2.45, 2.75) is 37.8 Å². The van der Waals surface area contributed by atoms with E-state index in [0.29, 0.717) is 0 Å². The number of hydrogen-bond acceptors (Lipinski definition) is 2. The average molecular weight is 185 g/mol. The van der Waals surface area contributed by atoms with E-state index < -0.39 is 0 Å². The van der Waals surface area contributed by atoms with E-state index in [1.165, 1.54) is 32.1 Å². The smallest absolute Gasteiger partial charge is 0.184 e. The standard InChI is InChI=1S/C8H15N3S/c1-11-7(12)9-8(10-11)5-3-2-4-6-8/h10H,2-6H2,1H3,(H,9,12). The summed E-state index contributed by atoms with van der Waals surface area (Å²) in [6, 6.07) is 0. The van der Waals surface area contributed by atoms with Gasteiger partial charge < -0.3 is 5.32 Å². The maximum absolute atomic E-state index is 5.15. The lowest BCUT2D eigenvalue weighted by molar-refractivity contribution is 0.179. The van der Waals surface area contributed by atoms with E-state index in [1.807, 2.05) is 12.1 Å². The highest BCUT2D eigenvalue weighted by Crippen LogP contribution is 2.28. The Morgan fingerprint density at radius 1 is 1.33 bits per heavy atom. The Kier molecular flexibility index (Phi) is 1.96. The molecule has 0 bridgehead atoms. The maximum atomic E-state index is 5.15. The van der Waals surface area contributed by atoms with E-state index >= 15 is 0 Å². The molecule has 1 heterocycles. The Balaban J connectivity index is 2.07. The molecule has 1 saturated carbocycles. The van der Waals surface area contributed by atoms with E-state index in [1.54, 1.807) is 0 Å². The van der Waals surface area contributed by atoms with Crippen molar-refractivity contribution in [3.05, 3.63) is 0 Å². The summed E-state index contributed by atoms with van der Waals surface area (Å²) < 4.78 is 0. The molecule has 1 aliphatic carbocycles. The second-order valence-corrected chi connectivity index (χ2v) is 4.13. The molecule has 68 valence electrons. The second-order valence-electron chi connectivity index (χ2n) is 3.74. The highest BCUT2D eigenvalue weighted by Gasteiger charge is 2.39. The fourth-order valence-electron chi connectivity index (χ4n) is 2.08. The van der Waals surface area contributed by atoms with Crippen molar-refractivity contribution in [3.63, 3.8) is 0 Å². The first kappa shape index (κ1) is 8.26. The number of rotatable bonds is 0. The van der Waals surface area contributed by atoms with Crippen molar-refractivity contribution in [3.8, 4) is 0 Å². The van der Waals surface area contributed by atoms with Gasteiger partial charge in [0.25, 0.3) is 0 Å². The van der Waals surface area contributed by atoms with Crippen molar-refractivity contribution in [1.82, 2.24) is 15.8 Å². The van der Waals surface area contributed by atoms with Crippen LogP contribution in [0.3, 0.4) is 0 Å². The lowest BCUT2D eigenvalue weighted by atomic mass is 9.90. The molecule has 2 fully saturated rings. The number of hydrogen-bond donors (Lipinski definition) is 2. The molecule has 2 N–H and O–H groups in total. The van der Waals surface area contributed by atoms with Gasteiger partial charge in [-0.2, -0.15) is 0 Å². The third-order valence-corrected chi connectivity index (χ3v) is 3.12. The lowest BCUT2D eigenvalue weighted by Gasteiger charge is -2.32. The van der Waals surface area contributed by atoms with Crippen molar-refractivity contribution in [1.29, 1.82) is 0 Å². The zero-order chi connectivity index (χ0) is 8.60. The van der Waals surface area contributed by atoms with Crippen LogP contribution in [0.2, 0.25) is 0 Å². The summed E-state index contributed by atoms with van der Waals surface area (Å²) in [5, 5.41) is 6.11. The Morgan fingerprint density at radius 2 is 2.00 bits per heavy atom. The summed E-state index contributed by atoms with van der Waals surface area (Å²) in [5.41, 5.74) is 3.50. The minimum absolute atomic E-state index is 0.101. The molecule has 0 radical (unpaired) electrons. The molecular weight excluding hydrogens is 170 g/mol. The zero-order valence-corrected chi connectivity index (χ0v) is 8.21. The number of thiocarbonyl (C=S) groups is 1. The molecule has 0 aromatic rings. The van der Waals surface area contributed by atoms with Gasteiger partial charge in [-0.25, -0.2) is 5.43 Å². The first-order chi connectivity index (χ1) is 5.72. The van der Waals surface area contributed by atoms with Crippen LogP contribution in [0.4, 0.5) is 0 Å².